The number of rotatable bonds is 1. The van der Waals surface area contributed by atoms with Crippen molar-refractivity contribution < 1.29 is 9.53 Å². The van der Waals surface area contributed by atoms with Gasteiger partial charge in [0, 0.05) is 26.7 Å². The third kappa shape index (κ3) is 3.24. The number of ether oxygens (including phenoxy) is 1. The Morgan fingerprint density at radius 1 is 1.55 bits per heavy atom. The van der Waals surface area contributed by atoms with Gasteiger partial charge in [0.1, 0.15) is 5.60 Å². The predicted octanol–water partition coefficient (Wildman–Crippen LogP) is 1.95. The van der Waals surface area contributed by atoms with Crippen molar-refractivity contribution in [3.05, 3.63) is 17.2 Å². The molecule has 0 radical (unpaired) electrons. The minimum Gasteiger partial charge on any atom is -0.444 e. The molecular formula is C13H21ClN4O2. The van der Waals surface area contributed by atoms with E-state index in [-0.39, 0.29) is 12.1 Å². The molecule has 1 amide bonds. The van der Waals surface area contributed by atoms with Crippen LogP contribution in [0.25, 0.3) is 0 Å². The number of carbonyl (C=O) groups excluding carboxylic acids is 1. The lowest BCUT2D eigenvalue weighted by atomic mass is 10.1. The topological polar surface area (TPSA) is 59.4 Å². The second-order valence-electron chi connectivity index (χ2n) is 5.93. The van der Waals surface area contributed by atoms with Crippen LogP contribution in [0.4, 0.5) is 4.79 Å². The molecule has 1 saturated heterocycles. The lowest BCUT2D eigenvalue weighted by molar-refractivity contribution is 0.0110. The first-order valence-corrected chi connectivity index (χ1v) is 7.04. The fourth-order valence-corrected chi connectivity index (χ4v) is 2.57. The van der Waals surface area contributed by atoms with Gasteiger partial charge in [-0.15, -0.1) is 0 Å². The minimum atomic E-state index is -0.511. The van der Waals surface area contributed by atoms with Crippen molar-refractivity contribution in [1.29, 1.82) is 0 Å². The second-order valence-corrected chi connectivity index (χ2v) is 6.28. The molecule has 1 unspecified atom stereocenters. The van der Waals surface area contributed by atoms with Crippen LogP contribution >= 0.6 is 11.6 Å². The highest BCUT2D eigenvalue weighted by Crippen LogP contribution is 2.28. The molecule has 0 aliphatic carbocycles. The van der Waals surface area contributed by atoms with Gasteiger partial charge in [-0.05, 0) is 20.8 Å². The van der Waals surface area contributed by atoms with Gasteiger partial charge in [0.05, 0.1) is 18.1 Å². The number of nitrogens with zero attached hydrogens (tertiary/aromatic N) is 3. The molecule has 1 aliphatic heterocycles. The number of piperazine rings is 1. The largest absolute Gasteiger partial charge is 0.444 e. The van der Waals surface area contributed by atoms with Crippen molar-refractivity contribution in [2.24, 2.45) is 7.05 Å². The van der Waals surface area contributed by atoms with Crippen LogP contribution in [0.5, 0.6) is 0 Å². The maximum Gasteiger partial charge on any atom is 0.410 e. The average molecular weight is 301 g/mol. The maximum absolute atomic E-state index is 12.3. The Hall–Kier alpha value is -1.27. The van der Waals surface area contributed by atoms with E-state index < -0.39 is 5.60 Å². The van der Waals surface area contributed by atoms with E-state index in [4.69, 9.17) is 16.3 Å². The van der Waals surface area contributed by atoms with Gasteiger partial charge >= 0.3 is 6.09 Å². The fourth-order valence-electron chi connectivity index (χ4n) is 2.27. The molecule has 6 nitrogen and oxygen atoms in total. The second kappa shape index (κ2) is 5.61. The Labute approximate surface area is 124 Å². The summed E-state index contributed by atoms with van der Waals surface area (Å²) >= 11 is 6.14. The van der Waals surface area contributed by atoms with Crippen LogP contribution in [0.1, 0.15) is 32.5 Å². The molecule has 112 valence electrons. The summed E-state index contributed by atoms with van der Waals surface area (Å²) in [5.41, 5.74) is 0.313. The standard InChI is InChI=1S/C13H21ClN4O2/c1-13(2,3)20-12(19)18-6-5-15-7-9(18)10-11(14)16-8-17(10)4/h8-9,15H,5-7H2,1-4H3. The van der Waals surface area contributed by atoms with Crippen LogP contribution in [0.3, 0.4) is 0 Å². The van der Waals surface area contributed by atoms with Crippen LogP contribution in [-0.4, -0.2) is 45.8 Å². The zero-order valence-corrected chi connectivity index (χ0v) is 13.1. The zero-order chi connectivity index (χ0) is 14.9. The Balaban J connectivity index is 2.24. The molecule has 20 heavy (non-hydrogen) atoms. The molecular weight excluding hydrogens is 280 g/mol. The van der Waals surface area contributed by atoms with E-state index in [0.29, 0.717) is 18.2 Å². The van der Waals surface area contributed by atoms with Crippen molar-refractivity contribution >= 4 is 17.7 Å². The molecule has 1 N–H and O–H groups in total. The van der Waals surface area contributed by atoms with Crippen molar-refractivity contribution in [2.75, 3.05) is 19.6 Å². The van der Waals surface area contributed by atoms with Crippen molar-refractivity contribution in [3.8, 4) is 0 Å². The van der Waals surface area contributed by atoms with E-state index in [1.807, 2.05) is 32.4 Å². The molecule has 0 saturated carbocycles. The zero-order valence-electron chi connectivity index (χ0n) is 12.3. The highest BCUT2D eigenvalue weighted by atomic mass is 35.5. The first-order valence-electron chi connectivity index (χ1n) is 6.66. The Bertz CT molecular complexity index is 476. The van der Waals surface area contributed by atoms with Gasteiger partial charge in [-0.1, -0.05) is 11.6 Å². The number of aromatic nitrogens is 2. The highest BCUT2D eigenvalue weighted by molar-refractivity contribution is 6.30. The third-order valence-electron chi connectivity index (χ3n) is 3.12. The van der Waals surface area contributed by atoms with Gasteiger partial charge in [-0.2, -0.15) is 0 Å². The molecule has 0 aromatic carbocycles. The number of amides is 1. The summed E-state index contributed by atoms with van der Waals surface area (Å²) in [7, 11) is 1.87. The van der Waals surface area contributed by atoms with Crippen molar-refractivity contribution in [3.63, 3.8) is 0 Å². The third-order valence-corrected chi connectivity index (χ3v) is 3.41. The van der Waals surface area contributed by atoms with Crippen LogP contribution in [0.15, 0.2) is 6.33 Å². The molecule has 1 aliphatic rings. The summed E-state index contributed by atoms with van der Waals surface area (Å²) in [6, 6.07) is -0.168. The molecule has 0 spiro atoms. The summed E-state index contributed by atoms with van der Waals surface area (Å²) in [6.45, 7) is 7.54. The summed E-state index contributed by atoms with van der Waals surface area (Å²) < 4.78 is 7.32. The molecule has 2 heterocycles. The van der Waals surface area contributed by atoms with Crippen LogP contribution in [0, 0.1) is 0 Å². The smallest absolute Gasteiger partial charge is 0.410 e. The van der Waals surface area contributed by atoms with E-state index in [1.165, 1.54) is 0 Å². The fraction of sp³-hybridized carbons (Fsp3) is 0.692. The van der Waals surface area contributed by atoms with Crippen molar-refractivity contribution in [1.82, 2.24) is 19.8 Å². The molecule has 2 rings (SSSR count). The monoisotopic (exact) mass is 300 g/mol. The SMILES string of the molecule is Cn1cnc(Cl)c1C1CNCCN1C(=O)OC(C)(C)C. The first-order chi connectivity index (χ1) is 9.29. The number of hydrogen-bond donors (Lipinski definition) is 1. The summed E-state index contributed by atoms with van der Waals surface area (Å²) in [5, 5.41) is 3.70. The number of carbonyl (C=O) groups is 1. The van der Waals surface area contributed by atoms with Gasteiger partial charge < -0.3 is 14.6 Å². The molecule has 1 fully saturated rings. The van der Waals surface area contributed by atoms with Crippen LogP contribution in [0.2, 0.25) is 5.15 Å². The Morgan fingerprint density at radius 2 is 2.25 bits per heavy atom. The molecule has 1 aromatic heterocycles. The average Bonchev–Trinajstić information content (AvgIpc) is 2.67. The van der Waals surface area contributed by atoms with E-state index in [9.17, 15) is 4.79 Å². The Kier molecular flexibility index (Phi) is 4.25. The van der Waals surface area contributed by atoms with E-state index in [2.05, 4.69) is 10.3 Å². The van der Waals surface area contributed by atoms with Gasteiger partial charge in [0.25, 0.3) is 0 Å². The van der Waals surface area contributed by atoms with E-state index in [1.54, 1.807) is 11.2 Å². The van der Waals surface area contributed by atoms with Crippen molar-refractivity contribution in [2.45, 2.75) is 32.4 Å². The highest BCUT2D eigenvalue weighted by Gasteiger charge is 2.34. The van der Waals surface area contributed by atoms with Crippen LogP contribution < -0.4 is 5.32 Å². The molecule has 7 heteroatoms. The number of hydrogen-bond acceptors (Lipinski definition) is 4. The number of imidazole rings is 1. The molecule has 1 atom stereocenters. The Morgan fingerprint density at radius 3 is 2.80 bits per heavy atom. The summed E-state index contributed by atoms with van der Waals surface area (Å²) in [4.78, 5) is 18.1. The number of nitrogens with one attached hydrogen (secondary N) is 1. The minimum absolute atomic E-state index is 0.168. The predicted molar refractivity (Wildman–Crippen MR) is 76.8 cm³/mol. The molecule has 1 aromatic rings. The van der Waals surface area contributed by atoms with Gasteiger partial charge in [-0.3, -0.25) is 4.90 Å². The quantitative estimate of drug-likeness (QED) is 0.861. The summed E-state index contributed by atoms with van der Waals surface area (Å²) in [6.07, 6.45) is 1.33. The first kappa shape index (κ1) is 15.1. The van der Waals surface area contributed by atoms with E-state index in [0.717, 1.165) is 12.2 Å². The molecule has 0 bridgehead atoms. The van der Waals surface area contributed by atoms with Gasteiger partial charge in [0.15, 0.2) is 5.15 Å². The van der Waals surface area contributed by atoms with Crippen LogP contribution in [-0.2, 0) is 11.8 Å². The lowest BCUT2D eigenvalue weighted by Gasteiger charge is -2.37. The van der Waals surface area contributed by atoms with Gasteiger partial charge in [-0.25, -0.2) is 9.78 Å². The number of halogens is 1. The van der Waals surface area contributed by atoms with E-state index >= 15 is 0 Å². The summed E-state index contributed by atoms with van der Waals surface area (Å²) in [5.74, 6) is 0. The normalized spacial score (nSPS) is 20.1. The lowest BCUT2D eigenvalue weighted by Crippen LogP contribution is -2.50. The number of aryl methyl sites for hydroxylation is 1. The van der Waals surface area contributed by atoms with Gasteiger partial charge in [0.2, 0.25) is 0 Å². The maximum atomic E-state index is 12.3.